The zero-order valence-corrected chi connectivity index (χ0v) is 12.2. The second kappa shape index (κ2) is 5.84. The van der Waals surface area contributed by atoms with E-state index in [0.29, 0.717) is 24.8 Å². The zero-order chi connectivity index (χ0) is 15.6. The van der Waals surface area contributed by atoms with Crippen LogP contribution in [0.5, 0.6) is 0 Å². The van der Waals surface area contributed by atoms with Crippen molar-refractivity contribution < 1.29 is 19.1 Å². The van der Waals surface area contributed by atoms with Gasteiger partial charge in [-0.2, -0.15) is 0 Å². The molecule has 0 saturated heterocycles. The molecule has 1 aliphatic rings. The van der Waals surface area contributed by atoms with Crippen LogP contribution in [0, 0.1) is 11.7 Å². The number of hydrogen-bond acceptors (Lipinski definition) is 2. The van der Waals surface area contributed by atoms with Gasteiger partial charge in [0, 0.05) is 6.04 Å². The molecule has 4 nitrogen and oxygen atoms in total. The van der Waals surface area contributed by atoms with Crippen LogP contribution < -0.4 is 5.32 Å². The highest BCUT2D eigenvalue weighted by molar-refractivity contribution is 5.87. The van der Waals surface area contributed by atoms with E-state index < -0.39 is 11.4 Å². The molecule has 2 atom stereocenters. The number of aliphatic carboxylic acids is 1. The van der Waals surface area contributed by atoms with Gasteiger partial charge in [0.05, 0.1) is 11.3 Å². The number of nitrogens with one attached hydrogen (secondary N) is 1. The lowest BCUT2D eigenvalue weighted by Gasteiger charge is -2.26. The van der Waals surface area contributed by atoms with E-state index in [1.807, 2.05) is 0 Å². The lowest BCUT2D eigenvalue weighted by Crippen LogP contribution is -2.44. The number of benzene rings is 1. The third kappa shape index (κ3) is 3.40. The molecule has 0 radical (unpaired) electrons. The van der Waals surface area contributed by atoms with Crippen molar-refractivity contribution in [3.05, 3.63) is 35.6 Å². The standard InChI is InChI=1S/C16H20FNO3/c1-16(2,11-4-3-5-12(17)9-11)15(21)18-13-7-6-10(8-13)14(19)20/h3-5,9-10,13H,6-8H2,1-2H3,(H,18,21)(H,19,20)/t10-,13+/m1/s1. The van der Waals surface area contributed by atoms with Crippen LogP contribution in [0.15, 0.2) is 24.3 Å². The zero-order valence-electron chi connectivity index (χ0n) is 12.2. The lowest BCUT2D eigenvalue weighted by molar-refractivity contribution is -0.141. The molecule has 0 heterocycles. The van der Waals surface area contributed by atoms with Crippen LogP contribution in [-0.2, 0) is 15.0 Å². The van der Waals surface area contributed by atoms with E-state index >= 15 is 0 Å². The summed E-state index contributed by atoms with van der Waals surface area (Å²) in [4.78, 5) is 23.4. The predicted octanol–water partition coefficient (Wildman–Crippen LogP) is 2.47. The van der Waals surface area contributed by atoms with E-state index in [9.17, 15) is 14.0 Å². The highest BCUT2D eigenvalue weighted by Crippen LogP contribution is 2.28. The van der Waals surface area contributed by atoms with Gasteiger partial charge in [0.2, 0.25) is 5.91 Å². The van der Waals surface area contributed by atoms with Crippen molar-refractivity contribution in [2.75, 3.05) is 0 Å². The summed E-state index contributed by atoms with van der Waals surface area (Å²) < 4.78 is 13.3. The van der Waals surface area contributed by atoms with Crippen molar-refractivity contribution in [3.8, 4) is 0 Å². The summed E-state index contributed by atoms with van der Waals surface area (Å²) in [6.07, 6.45) is 1.71. The Balaban J connectivity index is 2.04. The van der Waals surface area contributed by atoms with Crippen LogP contribution in [-0.4, -0.2) is 23.0 Å². The third-order valence-electron chi connectivity index (χ3n) is 4.23. The molecule has 1 aromatic carbocycles. The van der Waals surface area contributed by atoms with Gasteiger partial charge >= 0.3 is 5.97 Å². The number of halogens is 1. The second-order valence-electron chi connectivity index (χ2n) is 6.15. The van der Waals surface area contributed by atoms with Gasteiger partial charge in [-0.3, -0.25) is 9.59 Å². The number of amides is 1. The average Bonchev–Trinajstić information content (AvgIpc) is 2.87. The van der Waals surface area contributed by atoms with Gasteiger partial charge < -0.3 is 10.4 Å². The molecule has 5 heteroatoms. The Morgan fingerprint density at radius 2 is 2.05 bits per heavy atom. The predicted molar refractivity (Wildman–Crippen MR) is 76.3 cm³/mol. The molecule has 2 rings (SSSR count). The molecule has 1 aliphatic carbocycles. The van der Waals surface area contributed by atoms with Crippen molar-refractivity contribution in [2.24, 2.45) is 5.92 Å². The number of carboxylic acid groups (broad SMARTS) is 1. The molecule has 1 saturated carbocycles. The lowest BCUT2D eigenvalue weighted by atomic mass is 9.83. The van der Waals surface area contributed by atoms with Crippen LogP contribution in [0.3, 0.4) is 0 Å². The van der Waals surface area contributed by atoms with Gasteiger partial charge in [0.1, 0.15) is 5.82 Å². The molecule has 1 aromatic rings. The molecular formula is C16H20FNO3. The normalized spacial score (nSPS) is 22.0. The summed E-state index contributed by atoms with van der Waals surface area (Å²) in [5, 5.41) is 11.9. The summed E-state index contributed by atoms with van der Waals surface area (Å²) in [5.74, 6) is -1.77. The Morgan fingerprint density at radius 3 is 2.62 bits per heavy atom. The molecule has 0 unspecified atom stereocenters. The van der Waals surface area contributed by atoms with Crippen LogP contribution in [0.25, 0.3) is 0 Å². The quantitative estimate of drug-likeness (QED) is 0.896. The molecule has 0 aliphatic heterocycles. The van der Waals surface area contributed by atoms with Crippen LogP contribution in [0.4, 0.5) is 4.39 Å². The van der Waals surface area contributed by atoms with Crippen molar-refractivity contribution in [1.82, 2.24) is 5.32 Å². The molecular weight excluding hydrogens is 273 g/mol. The summed E-state index contributed by atoms with van der Waals surface area (Å²) in [7, 11) is 0. The molecule has 2 N–H and O–H groups in total. The first-order valence-electron chi connectivity index (χ1n) is 7.10. The minimum atomic E-state index is -0.858. The minimum absolute atomic E-state index is 0.119. The van der Waals surface area contributed by atoms with Gasteiger partial charge in [-0.1, -0.05) is 12.1 Å². The number of hydrogen-bond donors (Lipinski definition) is 2. The van der Waals surface area contributed by atoms with Crippen molar-refractivity contribution in [2.45, 2.75) is 44.6 Å². The fraction of sp³-hybridized carbons (Fsp3) is 0.500. The first-order valence-corrected chi connectivity index (χ1v) is 7.10. The van der Waals surface area contributed by atoms with Crippen LogP contribution >= 0.6 is 0 Å². The second-order valence-corrected chi connectivity index (χ2v) is 6.15. The number of rotatable bonds is 4. The monoisotopic (exact) mass is 293 g/mol. The number of carbonyl (C=O) groups is 2. The SMILES string of the molecule is CC(C)(C(=O)N[C@H]1CC[C@@H](C(=O)O)C1)c1cccc(F)c1. The van der Waals surface area contributed by atoms with Crippen molar-refractivity contribution >= 4 is 11.9 Å². The molecule has 0 aromatic heterocycles. The minimum Gasteiger partial charge on any atom is -0.481 e. The Morgan fingerprint density at radius 1 is 1.33 bits per heavy atom. The molecule has 1 fully saturated rings. The fourth-order valence-corrected chi connectivity index (χ4v) is 2.71. The van der Waals surface area contributed by atoms with Crippen molar-refractivity contribution in [3.63, 3.8) is 0 Å². The summed E-state index contributed by atoms with van der Waals surface area (Å²) in [6, 6.07) is 5.87. The highest BCUT2D eigenvalue weighted by atomic mass is 19.1. The smallest absolute Gasteiger partial charge is 0.306 e. The van der Waals surface area contributed by atoms with Gasteiger partial charge in [-0.05, 0) is 50.8 Å². The maximum Gasteiger partial charge on any atom is 0.306 e. The fourth-order valence-electron chi connectivity index (χ4n) is 2.71. The van der Waals surface area contributed by atoms with Gasteiger partial charge in [-0.15, -0.1) is 0 Å². The summed E-state index contributed by atoms with van der Waals surface area (Å²) >= 11 is 0. The average molecular weight is 293 g/mol. The maximum absolute atomic E-state index is 13.3. The Bertz CT molecular complexity index is 556. The van der Waals surface area contributed by atoms with Gasteiger partial charge in [-0.25, -0.2) is 4.39 Å². The Labute approximate surface area is 123 Å². The van der Waals surface area contributed by atoms with Gasteiger partial charge in [0.15, 0.2) is 0 Å². The molecule has 0 spiro atoms. The Hall–Kier alpha value is -1.91. The number of carbonyl (C=O) groups excluding carboxylic acids is 1. The van der Waals surface area contributed by atoms with E-state index in [1.165, 1.54) is 12.1 Å². The van der Waals surface area contributed by atoms with Crippen molar-refractivity contribution in [1.29, 1.82) is 0 Å². The first-order chi connectivity index (χ1) is 9.80. The molecule has 21 heavy (non-hydrogen) atoms. The Kier molecular flexibility index (Phi) is 4.30. The van der Waals surface area contributed by atoms with E-state index in [1.54, 1.807) is 26.0 Å². The number of carboxylic acids is 1. The van der Waals surface area contributed by atoms with Crippen LogP contribution in [0.2, 0.25) is 0 Å². The summed E-state index contributed by atoms with van der Waals surface area (Å²) in [6.45, 7) is 3.47. The van der Waals surface area contributed by atoms with Gasteiger partial charge in [0.25, 0.3) is 0 Å². The van der Waals surface area contributed by atoms with E-state index in [2.05, 4.69) is 5.32 Å². The maximum atomic E-state index is 13.3. The summed E-state index contributed by atoms with van der Waals surface area (Å²) in [5.41, 5.74) is -0.253. The third-order valence-corrected chi connectivity index (χ3v) is 4.23. The topological polar surface area (TPSA) is 66.4 Å². The highest BCUT2D eigenvalue weighted by Gasteiger charge is 2.35. The molecule has 114 valence electrons. The van der Waals surface area contributed by atoms with E-state index in [4.69, 9.17) is 5.11 Å². The van der Waals surface area contributed by atoms with E-state index in [0.717, 1.165) is 0 Å². The molecule has 1 amide bonds. The van der Waals surface area contributed by atoms with Crippen LogP contribution in [0.1, 0.15) is 38.7 Å². The first kappa shape index (κ1) is 15.5. The molecule has 0 bridgehead atoms. The largest absolute Gasteiger partial charge is 0.481 e. The van der Waals surface area contributed by atoms with E-state index in [-0.39, 0.29) is 23.7 Å².